The van der Waals surface area contributed by atoms with Crippen molar-refractivity contribution in [3.05, 3.63) is 11.6 Å². The molecule has 4 nitrogen and oxygen atoms in total. The second kappa shape index (κ2) is 4.96. The molecule has 0 unspecified atom stereocenters. The third-order valence-corrected chi connectivity index (χ3v) is 2.92. The summed E-state index contributed by atoms with van der Waals surface area (Å²) >= 11 is 0. The minimum Gasteiger partial charge on any atom is -0.365 e. The van der Waals surface area contributed by atoms with E-state index in [9.17, 15) is 0 Å². The van der Waals surface area contributed by atoms with Gasteiger partial charge in [0.05, 0.1) is 0 Å². The van der Waals surface area contributed by atoms with Crippen LogP contribution in [0.4, 0.5) is 0 Å². The normalized spacial score (nSPS) is 31.4. The van der Waals surface area contributed by atoms with E-state index in [-0.39, 0.29) is 5.96 Å². The average Bonchev–Trinajstić information content (AvgIpc) is 2.08. The van der Waals surface area contributed by atoms with Gasteiger partial charge in [-0.25, -0.2) is 0 Å². The summed E-state index contributed by atoms with van der Waals surface area (Å²) in [6.07, 6.45) is 5.45. The fourth-order valence-corrected chi connectivity index (χ4v) is 2.30. The largest absolute Gasteiger partial charge is 0.365 e. The molecule has 3 atom stereocenters. The van der Waals surface area contributed by atoms with Gasteiger partial charge in [-0.15, -0.1) is 5.10 Å². The fraction of sp³-hybridized carbons (Fsp3) is 0.636. The van der Waals surface area contributed by atoms with Crippen LogP contribution in [0.25, 0.3) is 0 Å². The maximum absolute atomic E-state index is 5.23. The highest BCUT2D eigenvalue weighted by molar-refractivity contribution is 5.75. The topological polar surface area (TPSA) is 78.4 Å². The second-order valence-electron chi connectivity index (χ2n) is 4.46. The van der Waals surface area contributed by atoms with Gasteiger partial charge in [-0.1, -0.05) is 25.5 Å². The van der Waals surface area contributed by atoms with Crippen molar-refractivity contribution < 1.29 is 5.10 Å². The third-order valence-electron chi connectivity index (χ3n) is 2.92. The van der Waals surface area contributed by atoms with Crippen LogP contribution in [0.2, 0.25) is 0 Å². The minimum absolute atomic E-state index is 0.0640. The number of nitrogens with two attached hydrogens (primary N) is 2. The molecule has 0 aromatic rings. The lowest BCUT2D eigenvalue weighted by atomic mass is 9.76. The van der Waals surface area contributed by atoms with Gasteiger partial charge in [0.15, 0.2) is 6.21 Å². The van der Waals surface area contributed by atoms with Crippen LogP contribution in [-0.2, 0) is 0 Å². The monoisotopic (exact) mass is 209 g/mol. The summed E-state index contributed by atoms with van der Waals surface area (Å²) in [6.45, 7) is 6.66. The Kier molecular flexibility index (Phi) is 3.88. The summed E-state index contributed by atoms with van der Waals surface area (Å²) < 4.78 is 0. The fourth-order valence-electron chi connectivity index (χ4n) is 2.30. The van der Waals surface area contributed by atoms with Crippen molar-refractivity contribution in [2.24, 2.45) is 34.3 Å². The predicted octanol–water partition coefficient (Wildman–Crippen LogP) is -0.435. The van der Waals surface area contributed by atoms with Gasteiger partial charge in [0.25, 0.3) is 5.96 Å². The molecule has 0 spiro atoms. The number of allylic oxidation sites excluding steroid dienone is 2. The Morgan fingerprint density at radius 1 is 1.53 bits per heavy atom. The summed E-state index contributed by atoms with van der Waals surface area (Å²) in [5, 5.41) is 6.57. The summed E-state index contributed by atoms with van der Waals surface area (Å²) in [4.78, 5) is 0. The van der Waals surface area contributed by atoms with Gasteiger partial charge >= 0.3 is 0 Å². The molecule has 0 aromatic heterocycles. The van der Waals surface area contributed by atoms with Crippen LogP contribution < -0.4 is 16.6 Å². The average molecular weight is 209 g/mol. The van der Waals surface area contributed by atoms with E-state index in [0.717, 1.165) is 6.42 Å². The molecular weight excluding hydrogens is 188 g/mol. The van der Waals surface area contributed by atoms with Crippen molar-refractivity contribution >= 4 is 12.2 Å². The van der Waals surface area contributed by atoms with Crippen LogP contribution in [0, 0.1) is 17.8 Å². The van der Waals surface area contributed by atoms with Gasteiger partial charge in [-0.3, -0.25) is 0 Å². The van der Waals surface area contributed by atoms with E-state index >= 15 is 0 Å². The SMILES string of the molecule is CC1=C[C@H](C)[C@H](/C=[NH+]\N=C(N)N)[C@@H](C)C1. The quantitative estimate of drug-likeness (QED) is 0.250. The van der Waals surface area contributed by atoms with E-state index in [2.05, 4.69) is 37.1 Å². The highest BCUT2D eigenvalue weighted by atomic mass is 15.3. The molecule has 0 aliphatic heterocycles. The van der Waals surface area contributed by atoms with E-state index in [1.807, 2.05) is 6.21 Å². The van der Waals surface area contributed by atoms with E-state index in [0.29, 0.717) is 17.8 Å². The van der Waals surface area contributed by atoms with Crippen LogP contribution >= 0.6 is 0 Å². The number of guanidine groups is 1. The molecule has 0 radical (unpaired) electrons. The Labute approximate surface area is 91.1 Å². The van der Waals surface area contributed by atoms with Gasteiger partial charge in [-0.05, 0) is 25.2 Å². The summed E-state index contributed by atoms with van der Waals surface area (Å²) in [6, 6.07) is 0. The van der Waals surface area contributed by atoms with Gasteiger partial charge in [0.1, 0.15) is 0 Å². The highest BCUT2D eigenvalue weighted by Crippen LogP contribution is 2.31. The first-order valence-corrected chi connectivity index (χ1v) is 5.35. The molecule has 1 rings (SSSR count). The Morgan fingerprint density at radius 2 is 2.20 bits per heavy atom. The maximum atomic E-state index is 5.23. The number of hydrazone groups is 1. The zero-order chi connectivity index (χ0) is 11.4. The van der Waals surface area contributed by atoms with E-state index in [1.54, 1.807) is 0 Å². The van der Waals surface area contributed by atoms with Crippen molar-refractivity contribution in [1.29, 1.82) is 0 Å². The Bertz CT molecular complexity index is 300. The lowest BCUT2D eigenvalue weighted by molar-refractivity contribution is -0.460. The zero-order valence-corrected chi connectivity index (χ0v) is 9.70. The molecule has 0 saturated heterocycles. The molecule has 5 N–H and O–H groups in total. The molecule has 1 aliphatic carbocycles. The van der Waals surface area contributed by atoms with Gasteiger partial charge in [0, 0.05) is 11.0 Å². The molecule has 0 fully saturated rings. The first-order valence-electron chi connectivity index (χ1n) is 5.35. The molecule has 0 amide bonds. The Hall–Kier alpha value is -1.32. The van der Waals surface area contributed by atoms with E-state index in [4.69, 9.17) is 11.5 Å². The van der Waals surface area contributed by atoms with Crippen LogP contribution in [-0.4, -0.2) is 12.2 Å². The molecular formula is C11H21N4+. The highest BCUT2D eigenvalue weighted by Gasteiger charge is 2.27. The Morgan fingerprint density at radius 3 is 2.73 bits per heavy atom. The van der Waals surface area contributed by atoms with Crippen molar-refractivity contribution in [2.75, 3.05) is 0 Å². The van der Waals surface area contributed by atoms with Crippen molar-refractivity contribution in [3.63, 3.8) is 0 Å². The van der Waals surface area contributed by atoms with E-state index < -0.39 is 0 Å². The standard InChI is InChI=1S/C11H20N4/c1-7-4-8(2)10(9(3)5-7)6-14-15-11(12)13/h4,6,8-10H,5H2,1-3H3,(H4,12,13,15)/p+1/b14-6-/t8-,9-,10-/m0/s1. The van der Waals surface area contributed by atoms with Crippen molar-refractivity contribution in [1.82, 2.24) is 0 Å². The molecule has 0 heterocycles. The molecule has 0 aromatic carbocycles. The second-order valence-corrected chi connectivity index (χ2v) is 4.46. The van der Waals surface area contributed by atoms with Crippen LogP contribution in [0.3, 0.4) is 0 Å². The summed E-state index contributed by atoms with van der Waals surface area (Å²) in [5.74, 6) is 1.72. The van der Waals surface area contributed by atoms with Crippen molar-refractivity contribution in [3.8, 4) is 0 Å². The third kappa shape index (κ3) is 3.38. The predicted molar refractivity (Wildman–Crippen MR) is 63.0 cm³/mol. The first kappa shape index (κ1) is 11.8. The molecule has 84 valence electrons. The van der Waals surface area contributed by atoms with E-state index in [1.165, 1.54) is 5.57 Å². The number of nitrogens with zero attached hydrogens (tertiary/aromatic N) is 1. The van der Waals surface area contributed by atoms with Crippen LogP contribution in [0.1, 0.15) is 27.2 Å². The first-order chi connectivity index (χ1) is 7.00. The smallest absolute Gasteiger partial charge is 0.256 e. The minimum atomic E-state index is 0.0640. The van der Waals surface area contributed by atoms with Gasteiger partial charge < -0.3 is 11.5 Å². The number of nitrogens with one attached hydrogen (secondary N) is 1. The van der Waals surface area contributed by atoms with Crippen LogP contribution in [0.15, 0.2) is 16.8 Å². The molecule has 0 bridgehead atoms. The lowest BCUT2D eigenvalue weighted by Crippen LogP contribution is -2.65. The molecule has 4 heteroatoms. The molecule has 0 saturated carbocycles. The lowest BCUT2D eigenvalue weighted by Gasteiger charge is -2.27. The summed E-state index contributed by atoms with van der Waals surface area (Å²) in [7, 11) is 0. The molecule has 1 aliphatic rings. The van der Waals surface area contributed by atoms with Crippen molar-refractivity contribution in [2.45, 2.75) is 27.2 Å². The number of hydrogen-bond acceptors (Lipinski definition) is 1. The molecule has 15 heavy (non-hydrogen) atoms. The maximum Gasteiger partial charge on any atom is 0.256 e. The van der Waals surface area contributed by atoms with Crippen LogP contribution in [0.5, 0.6) is 0 Å². The Balaban J connectivity index is 2.70. The summed E-state index contributed by atoms with van der Waals surface area (Å²) in [5.41, 5.74) is 11.9. The number of rotatable bonds is 2. The van der Waals surface area contributed by atoms with Gasteiger partial charge in [0.2, 0.25) is 0 Å². The van der Waals surface area contributed by atoms with Gasteiger partial charge in [-0.2, -0.15) is 0 Å². The zero-order valence-electron chi connectivity index (χ0n) is 9.70. The number of hydrogen-bond donors (Lipinski definition) is 3.